The molecule has 0 saturated carbocycles. The number of nitrogens with zero attached hydrogens (tertiary/aromatic N) is 2. The Balaban J connectivity index is 0.00000220. The lowest BCUT2D eigenvalue weighted by atomic mass is 10.0. The Morgan fingerprint density at radius 1 is 1.05 bits per heavy atom. The zero-order valence-corrected chi connectivity index (χ0v) is 13.2. The molecule has 21 heavy (non-hydrogen) atoms. The van der Waals surface area contributed by atoms with Crippen molar-refractivity contribution in [3.63, 3.8) is 0 Å². The van der Waals surface area contributed by atoms with Crippen LogP contribution >= 0.6 is 12.4 Å². The van der Waals surface area contributed by atoms with Crippen LogP contribution in [0.25, 0.3) is 0 Å². The van der Waals surface area contributed by atoms with Gasteiger partial charge in [0.25, 0.3) is 0 Å². The highest BCUT2D eigenvalue weighted by Crippen LogP contribution is 2.15. The maximum Gasteiger partial charge on any atom is 0.244 e. The second-order valence-electron chi connectivity index (χ2n) is 5.22. The van der Waals surface area contributed by atoms with E-state index >= 15 is 0 Å². The summed E-state index contributed by atoms with van der Waals surface area (Å²) in [6.45, 7) is 5.83. The Kier molecular flexibility index (Phi) is 6.18. The molecule has 1 unspecified atom stereocenters. The van der Waals surface area contributed by atoms with Crippen LogP contribution in [-0.2, 0) is 9.59 Å². The van der Waals surface area contributed by atoms with E-state index in [-0.39, 0.29) is 24.2 Å². The number of halogens is 1. The number of amides is 2. The van der Waals surface area contributed by atoms with Gasteiger partial charge in [-0.05, 0) is 12.5 Å². The van der Waals surface area contributed by atoms with E-state index in [1.54, 1.807) is 16.7 Å². The molecule has 0 aromatic heterocycles. The van der Waals surface area contributed by atoms with E-state index in [1.165, 1.54) is 0 Å². The molecule has 1 saturated heterocycles. The van der Waals surface area contributed by atoms with Gasteiger partial charge in [-0.3, -0.25) is 9.59 Å². The number of hydrogen-bond acceptors (Lipinski definition) is 3. The number of nitrogens with two attached hydrogens (primary N) is 1. The number of rotatable bonds is 2. The number of carbonyl (C=O) groups is 2. The lowest BCUT2D eigenvalue weighted by molar-refractivity contribution is -0.139. The van der Waals surface area contributed by atoms with E-state index < -0.39 is 6.04 Å². The topological polar surface area (TPSA) is 66.6 Å². The van der Waals surface area contributed by atoms with Crippen molar-refractivity contribution in [2.24, 2.45) is 5.73 Å². The molecule has 0 aliphatic carbocycles. The molecule has 1 aromatic rings. The second-order valence-corrected chi connectivity index (χ2v) is 5.22. The van der Waals surface area contributed by atoms with Crippen LogP contribution in [-0.4, -0.2) is 47.8 Å². The minimum atomic E-state index is -0.625. The third-order valence-electron chi connectivity index (χ3n) is 3.74. The number of carbonyl (C=O) groups excluding carboxylic acids is 2. The van der Waals surface area contributed by atoms with E-state index in [9.17, 15) is 9.59 Å². The Morgan fingerprint density at radius 3 is 2.00 bits per heavy atom. The largest absolute Gasteiger partial charge is 0.339 e. The number of hydrogen-bond donors (Lipinski definition) is 1. The molecule has 0 bridgehead atoms. The molecule has 116 valence electrons. The van der Waals surface area contributed by atoms with Crippen LogP contribution in [0.4, 0.5) is 0 Å². The molecular formula is C15H22ClN3O2. The highest BCUT2D eigenvalue weighted by Gasteiger charge is 2.26. The van der Waals surface area contributed by atoms with E-state index in [4.69, 9.17) is 5.73 Å². The van der Waals surface area contributed by atoms with Crippen LogP contribution in [0.15, 0.2) is 24.3 Å². The summed E-state index contributed by atoms with van der Waals surface area (Å²) in [5.74, 6) is -0.0167. The van der Waals surface area contributed by atoms with Gasteiger partial charge in [-0.25, -0.2) is 0 Å². The number of benzene rings is 1. The average Bonchev–Trinajstić information content (AvgIpc) is 2.46. The molecule has 2 N–H and O–H groups in total. The van der Waals surface area contributed by atoms with Gasteiger partial charge < -0.3 is 15.5 Å². The first-order valence-corrected chi connectivity index (χ1v) is 6.85. The first-order valence-electron chi connectivity index (χ1n) is 6.85. The van der Waals surface area contributed by atoms with Gasteiger partial charge in [-0.15, -0.1) is 12.4 Å². The second kappa shape index (κ2) is 7.43. The third-order valence-corrected chi connectivity index (χ3v) is 3.74. The summed E-state index contributed by atoms with van der Waals surface area (Å²) in [5, 5.41) is 0. The standard InChI is InChI=1S/C15H21N3O2.ClH/c1-11-3-5-13(6-4-11)14(16)15(20)18-9-7-17(8-10-18)12(2)19;/h3-6,14H,7-10,16H2,1-2H3;1H. The molecule has 1 aliphatic rings. The maximum atomic E-state index is 12.4. The number of aryl methyl sites for hydroxylation is 1. The fourth-order valence-corrected chi connectivity index (χ4v) is 2.35. The van der Waals surface area contributed by atoms with Gasteiger partial charge in [0.2, 0.25) is 11.8 Å². The summed E-state index contributed by atoms with van der Waals surface area (Å²) in [6.07, 6.45) is 0. The smallest absolute Gasteiger partial charge is 0.244 e. The van der Waals surface area contributed by atoms with Crippen LogP contribution in [0.2, 0.25) is 0 Å². The Bertz CT molecular complexity index is 496. The minimum Gasteiger partial charge on any atom is -0.339 e. The van der Waals surface area contributed by atoms with Crippen molar-refractivity contribution in [2.45, 2.75) is 19.9 Å². The highest BCUT2D eigenvalue weighted by atomic mass is 35.5. The third kappa shape index (κ3) is 4.19. The Hall–Kier alpha value is -1.59. The zero-order chi connectivity index (χ0) is 14.7. The van der Waals surface area contributed by atoms with Gasteiger partial charge in [0.1, 0.15) is 6.04 Å². The van der Waals surface area contributed by atoms with Crippen molar-refractivity contribution in [3.05, 3.63) is 35.4 Å². The van der Waals surface area contributed by atoms with Gasteiger partial charge in [-0.2, -0.15) is 0 Å². The molecule has 1 heterocycles. The molecule has 5 nitrogen and oxygen atoms in total. The molecule has 1 aromatic carbocycles. The van der Waals surface area contributed by atoms with Crippen LogP contribution < -0.4 is 5.73 Å². The van der Waals surface area contributed by atoms with Crippen molar-refractivity contribution in [2.75, 3.05) is 26.2 Å². The lowest BCUT2D eigenvalue weighted by Gasteiger charge is -2.35. The molecule has 0 radical (unpaired) electrons. The van der Waals surface area contributed by atoms with Crippen LogP contribution in [0.5, 0.6) is 0 Å². The SMILES string of the molecule is CC(=O)N1CCN(C(=O)C(N)c2ccc(C)cc2)CC1.Cl. The van der Waals surface area contributed by atoms with Gasteiger partial charge in [-0.1, -0.05) is 29.8 Å². The highest BCUT2D eigenvalue weighted by molar-refractivity contribution is 5.85. The summed E-state index contributed by atoms with van der Waals surface area (Å²) in [5.41, 5.74) is 8.01. The molecule has 0 spiro atoms. The molecule has 1 fully saturated rings. The molecule has 2 rings (SSSR count). The Morgan fingerprint density at radius 2 is 1.52 bits per heavy atom. The lowest BCUT2D eigenvalue weighted by Crippen LogP contribution is -2.52. The monoisotopic (exact) mass is 311 g/mol. The molecule has 1 atom stereocenters. The van der Waals surface area contributed by atoms with Crippen LogP contribution in [0.1, 0.15) is 24.1 Å². The molecular weight excluding hydrogens is 290 g/mol. The van der Waals surface area contributed by atoms with Crippen molar-refractivity contribution >= 4 is 24.2 Å². The normalized spacial score (nSPS) is 16.1. The van der Waals surface area contributed by atoms with Gasteiger partial charge >= 0.3 is 0 Å². The molecule has 1 aliphatic heterocycles. The summed E-state index contributed by atoms with van der Waals surface area (Å²) in [6, 6.07) is 7.07. The van der Waals surface area contributed by atoms with Crippen molar-refractivity contribution in [3.8, 4) is 0 Å². The van der Waals surface area contributed by atoms with Crippen molar-refractivity contribution in [1.29, 1.82) is 0 Å². The number of piperazine rings is 1. The van der Waals surface area contributed by atoms with Gasteiger partial charge in [0.05, 0.1) is 0 Å². The Labute approximate surface area is 131 Å². The minimum absolute atomic E-state index is 0. The van der Waals surface area contributed by atoms with Gasteiger partial charge in [0.15, 0.2) is 0 Å². The first kappa shape index (κ1) is 17.5. The average molecular weight is 312 g/mol. The van der Waals surface area contributed by atoms with Crippen molar-refractivity contribution in [1.82, 2.24) is 9.80 Å². The van der Waals surface area contributed by atoms with Crippen molar-refractivity contribution < 1.29 is 9.59 Å². The summed E-state index contributed by atoms with van der Waals surface area (Å²) >= 11 is 0. The van der Waals surface area contributed by atoms with E-state index in [0.717, 1.165) is 11.1 Å². The van der Waals surface area contributed by atoms with E-state index in [2.05, 4.69) is 0 Å². The fraction of sp³-hybridized carbons (Fsp3) is 0.467. The maximum absolute atomic E-state index is 12.4. The van der Waals surface area contributed by atoms with Crippen LogP contribution in [0, 0.1) is 6.92 Å². The molecule has 6 heteroatoms. The zero-order valence-electron chi connectivity index (χ0n) is 12.4. The van der Waals surface area contributed by atoms with Crippen LogP contribution in [0.3, 0.4) is 0 Å². The summed E-state index contributed by atoms with van der Waals surface area (Å²) in [4.78, 5) is 27.1. The quantitative estimate of drug-likeness (QED) is 0.889. The predicted molar refractivity (Wildman–Crippen MR) is 84.2 cm³/mol. The predicted octanol–water partition coefficient (Wildman–Crippen LogP) is 1.11. The molecule has 2 amide bonds. The summed E-state index contributed by atoms with van der Waals surface area (Å²) in [7, 11) is 0. The van der Waals surface area contributed by atoms with E-state index in [0.29, 0.717) is 26.2 Å². The first-order chi connectivity index (χ1) is 9.49. The van der Waals surface area contributed by atoms with E-state index in [1.807, 2.05) is 31.2 Å². The fourth-order valence-electron chi connectivity index (χ4n) is 2.35. The van der Waals surface area contributed by atoms with Gasteiger partial charge in [0, 0.05) is 33.1 Å². The summed E-state index contributed by atoms with van der Waals surface area (Å²) < 4.78 is 0.